The van der Waals surface area contributed by atoms with Crippen molar-refractivity contribution in [2.24, 2.45) is 0 Å². The number of hydrogen-bond donors (Lipinski definition) is 0. The second-order valence-electron chi connectivity index (χ2n) is 21.3. The molecule has 71 heavy (non-hydrogen) atoms. The maximum absolute atomic E-state index is 12.7. The molecule has 0 N–H and O–H groups in total. The maximum Gasteiger partial charge on any atom is 0.306 e. The van der Waals surface area contributed by atoms with Crippen LogP contribution in [-0.2, 0) is 32.7 Å². The summed E-state index contributed by atoms with van der Waals surface area (Å²) in [6.45, 7) is 4.06. The predicted octanol–water partition coefficient (Wildman–Crippen LogP) is 17.9. The zero-order valence-corrected chi connectivity index (χ0v) is 48.1. The van der Waals surface area contributed by atoms with Gasteiger partial charge >= 0.3 is 11.9 Å². The number of rotatable bonds is 55. The quantitative estimate of drug-likeness (QED) is 0.0195. The monoisotopic (exact) mass is 1020 g/mol. The summed E-state index contributed by atoms with van der Waals surface area (Å²) in [6.07, 6.45) is 66.6. The molecular weight excluding hydrogens is 906 g/mol. The zero-order chi connectivity index (χ0) is 52.0. The smallest absolute Gasteiger partial charge is 0.306 e. The second kappa shape index (κ2) is 52.8. The molecule has 0 fully saturated rings. The number of quaternary nitrogens is 1. The third-order valence-electron chi connectivity index (χ3n) is 13.1. The Morgan fingerprint density at radius 3 is 1.17 bits per heavy atom. The van der Waals surface area contributed by atoms with Gasteiger partial charge in [-0.15, -0.1) is 0 Å². The number of hydrogen-bond acceptors (Lipinski definition) is 8. The molecule has 0 amide bonds. The Kier molecular flexibility index (Phi) is 51.3. The number of ether oxygens (including phenoxy) is 2. The zero-order valence-electron chi connectivity index (χ0n) is 47.2. The van der Waals surface area contributed by atoms with Gasteiger partial charge in [-0.2, -0.15) is 0 Å². The molecule has 0 saturated carbocycles. The number of esters is 2. The first-order valence-electron chi connectivity index (χ1n) is 29.8. The first-order valence-corrected chi connectivity index (χ1v) is 31.3. The third kappa shape index (κ3) is 57.1. The van der Waals surface area contributed by atoms with Crippen LogP contribution in [0.25, 0.3) is 0 Å². The Labute approximate surface area is 439 Å². The fourth-order valence-electron chi connectivity index (χ4n) is 8.56. The van der Waals surface area contributed by atoms with Gasteiger partial charge in [-0.3, -0.25) is 14.2 Å². The molecule has 0 heterocycles. The molecule has 0 bridgehead atoms. The van der Waals surface area contributed by atoms with E-state index in [4.69, 9.17) is 18.5 Å². The number of unbranched alkanes of at least 4 members (excludes halogenated alkanes) is 33. The summed E-state index contributed by atoms with van der Waals surface area (Å²) in [7, 11) is 1.13. The molecule has 10 heteroatoms. The number of phosphoric ester groups is 1. The third-order valence-corrected chi connectivity index (χ3v) is 14.1. The summed E-state index contributed by atoms with van der Waals surface area (Å²) in [5.41, 5.74) is 0. The van der Waals surface area contributed by atoms with Crippen LogP contribution in [0.15, 0.2) is 48.6 Å². The Morgan fingerprint density at radius 2 is 0.803 bits per heavy atom. The van der Waals surface area contributed by atoms with Crippen LogP contribution in [-0.4, -0.2) is 70.0 Å². The molecule has 0 radical (unpaired) electrons. The van der Waals surface area contributed by atoms with Crippen LogP contribution >= 0.6 is 7.82 Å². The van der Waals surface area contributed by atoms with E-state index in [1.54, 1.807) is 0 Å². The Hall–Kier alpha value is -2.03. The van der Waals surface area contributed by atoms with Crippen molar-refractivity contribution >= 4 is 19.8 Å². The van der Waals surface area contributed by atoms with E-state index in [1.807, 2.05) is 33.3 Å². The van der Waals surface area contributed by atoms with Gasteiger partial charge in [0, 0.05) is 12.8 Å². The fraction of sp³-hybridized carbons (Fsp3) is 0.836. The predicted molar refractivity (Wildman–Crippen MR) is 300 cm³/mol. The van der Waals surface area contributed by atoms with Crippen molar-refractivity contribution in [3.63, 3.8) is 0 Å². The lowest BCUT2D eigenvalue weighted by Crippen LogP contribution is -2.37. The highest BCUT2D eigenvalue weighted by atomic mass is 31.2. The summed E-state index contributed by atoms with van der Waals surface area (Å²) in [6, 6.07) is 0. The van der Waals surface area contributed by atoms with Gasteiger partial charge in [0.05, 0.1) is 27.7 Å². The van der Waals surface area contributed by atoms with Crippen LogP contribution in [0.2, 0.25) is 0 Å². The molecule has 0 spiro atoms. The molecule has 0 aromatic heterocycles. The molecule has 2 unspecified atom stereocenters. The summed E-state index contributed by atoms with van der Waals surface area (Å²) >= 11 is 0. The minimum Gasteiger partial charge on any atom is -0.756 e. The molecule has 2 atom stereocenters. The van der Waals surface area contributed by atoms with Crippen LogP contribution in [0.5, 0.6) is 0 Å². The highest BCUT2D eigenvalue weighted by molar-refractivity contribution is 7.45. The molecular formula is C61H114NO8P. The van der Waals surface area contributed by atoms with Gasteiger partial charge in [-0.1, -0.05) is 274 Å². The van der Waals surface area contributed by atoms with Crippen molar-refractivity contribution in [1.82, 2.24) is 0 Å². The van der Waals surface area contributed by atoms with E-state index in [0.29, 0.717) is 17.4 Å². The van der Waals surface area contributed by atoms with Gasteiger partial charge in [0.1, 0.15) is 19.8 Å². The molecule has 416 valence electrons. The van der Waals surface area contributed by atoms with E-state index < -0.39 is 32.5 Å². The summed E-state index contributed by atoms with van der Waals surface area (Å²) in [5.74, 6) is -0.920. The number of likely N-dealkylation sites (N-methyl/N-ethyl adjacent to an activating group) is 1. The number of nitrogens with zero attached hydrogens (tertiary/aromatic N) is 1. The van der Waals surface area contributed by atoms with Crippen LogP contribution in [0, 0.1) is 0 Å². The van der Waals surface area contributed by atoms with E-state index >= 15 is 0 Å². The molecule has 0 aliphatic carbocycles. The van der Waals surface area contributed by atoms with E-state index in [9.17, 15) is 19.0 Å². The van der Waals surface area contributed by atoms with Crippen molar-refractivity contribution < 1.29 is 42.1 Å². The van der Waals surface area contributed by atoms with E-state index in [1.165, 1.54) is 199 Å². The van der Waals surface area contributed by atoms with Crippen molar-refractivity contribution in [3.8, 4) is 0 Å². The lowest BCUT2D eigenvalue weighted by atomic mass is 10.0. The molecule has 0 aromatic rings. The standard InChI is InChI=1S/C61H114NO8P/c1-6-8-10-12-14-16-18-20-21-22-23-24-25-26-27-28-29-30-31-32-33-34-35-36-37-38-39-40-42-43-45-47-49-51-53-60(63)67-57-59(58-69-71(65,66)68-56-55-62(3,4)5)70-61(64)54-52-50-48-46-44-41-19-17-15-13-11-9-7-2/h9,11,15,17,41,44,48,50,59H,6-8,10,12-14,16,18-40,42-43,45-47,49,51-58H2,1-5H3/b11-9-,17-15-,44-41-,50-48-. The van der Waals surface area contributed by atoms with E-state index in [0.717, 1.165) is 44.9 Å². The number of allylic oxidation sites excluding steroid dienone is 8. The highest BCUT2D eigenvalue weighted by Crippen LogP contribution is 2.38. The van der Waals surface area contributed by atoms with Gasteiger partial charge in [0.25, 0.3) is 7.82 Å². The van der Waals surface area contributed by atoms with E-state index in [2.05, 4.69) is 50.3 Å². The van der Waals surface area contributed by atoms with Gasteiger partial charge in [0.15, 0.2) is 6.10 Å². The number of carbonyl (C=O) groups is 2. The minimum absolute atomic E-state index is 0.0433. The Bertz CT molecular complexity index is 1340. The van der Waals surface area contributed by atoms with Crippen LogP contribution in [0.1, 0.15) is 277 Å². The summed E-state index contributed by atoms with van der Waals surface area (Å²) in [5, 5.41) is 0. The van der Waals surface area contributed by atoms with Crippen LogP contribution in [0.3, 0.4) is 0 Å². The van der Waals surface area contributed by atoms with Crippen LogP contribution < -0.4 is 4.89 Å². The normalized spacial score (nSPS) is 13.6. The van der Waals surface area contributed by atoms with Crippen LogP contribution in [0.4, 0.5) is 0 Å². The summed E-state index contributed by atoms with van der Waals surface area (Å²) in [4.78, 5) is 37.7. The average Bonchev–Trinajstić information content (AvgIpc) is 3.33. The summed E-state index contributed by atoms with van der Waals surface area (Å²) < 4.78 is 34.0. The first-order chi connectivity index (χ1) is 34.5. The van der Waals surface area contributed by atoms with Crippen molar-refractivity contribution in [1.29, 1.82) is 0 Å². The topological polar surface area (TPSA) is 111 Å². The maximum atomic E-state index is 12.7. The van der Waals surface area contributed by atoms with Gasteiger partial charge in [0.2, 0.25) is 0 Å². The first kappa shape index (κ1) is 69.0. The molecule has 0 aromatic carbocycles. The molecule has 9 nitrogen and oxygen atoms in total. The lowest BCUT2D eigenvalue weighted by Gasteiger charge is -2.28. The van der Waals surface area contributed by atoms with Crippen molar-refractivity contribution in [3.05, 3.63) is 48.6 Å². The van der Waals surface area contributed by atoms with Gasteiger partial charge in [-0.25, -0.2) is 0 Å². The minimum atomic E-state index is -4.65. The SMILES string of the molecule is CC/C=C\C/C=C\C/C=C\C/C=C\CCC(=O)OC(COC(=O)CCCCCCCCCCCCCCCCCCCCCCCCCCCCCCCCCCCC)COP(=O)([O-])OCC[N+](C)(C)C. The molecule has 0 rings (SSSR count). The van der Waals surface area contributed by atoms with Crippen molar-refractivity contribution in [2.45, 2.75) is 283 Å². The van der Waals surface area contributed by atoms with Gasteiger partial charge in [-0.05, 0) is 38.5 Å². The second-order valence-corrected chi connectivity index (χ2v) is 22.8. The highest BCUT2D eigenvalue weighted by Gasteiger charge is 2.21. The molecule has 0 aliphatic heterocycles. The van der Waals surface area contributed by atoms with E-state index in [-0.39, 0.29) is 26.1 Å². The Morgan fingerprint density at radius 1 is 0.451 bits per heavy atom. The number of phosphoric acid groups is 1. The number of carbonyl (C=O) groups excluding carboxylic acids is 2. The van der Waals surface area contributed by atoms with Gasteiger partial charge < -0.3 is 27.9 Å². The fourth-order valence-corrected chi connectivity index (χ4v) is 9.28. The lowest BCUT2D eigenvalue weighted by molar-refractivity contribution is -0.870. The average molecular weight is 1020 g/mol. The Balaban J connectivity index is 3.94. The molecule has 0 aliphatic rings. The largest absolute Gasteiger partial charge is 0.756 e. The molecule has 0 saturated heterocycles. The van der Waals surface area contributed by atoms with Crippen molar-refractivity contribution in [2.75, 3.05) is 47.5 Å².